The third kappa shape index (κ3) is 44.6. The van der Waals surface area contributed by atoms with Crippen molar-refractivity contribution in [2.75, 3.05) is 90.6 Å². The summed E-state index contributed by atoms with van der Waals surface area (Å²) in [7, 11) is 0. The molecule has 0 bridgehead atoms. The van der Waals surface area contributed by atoms with Crippen molar-refractivity contribution in [2.45, 2.75) is 129 Å². The number of hydrogen-bond donors (Lipinski definition) is 9. The zero-order valence-corrected chi connectivity index (χ0v) is 42.1. The Hall–Kier alpha value is -4.59. The summed E-state index contributed by atoms with van der Waals surface area (Å²) in [6.45, 7) is 5.53. The highest BCUT2D eigenvalue weighted by atomic mass is 32.2. The molecule has 23 nitrogen and oxygen atoms in total. The van der Waals surface area contributed by atoms with E-state index in [1.165, 1.54) is 18.7 Å². The van der Waals surface area contributed by atoms with Gasteiger partial charge in [0.1, 0.15) is 36.6 Å². The summed E-state index contributed by atoms with van der Waals surface area (Å²) in [5, 5.41) is 46.5. The summed E-state index contributed by atoms with van der Waals surface area (Å²) in [4.78, 5) is 116. The number of carbonyl (C=O) groups excluding carboxylic acids is 7. The lowest BCUT2D eigenvalue weighted by Crippen LogP contribution is -2.41. The second-order valence-electron chi connectivity index (χ2n) is 16.4. The van der Waals surface area contributed by atoms with E-state index in [1.807, 2.05) is 0 Å². The smallest absolute Gasteiger partial charge is 0.326 e. The van der Waals surface area contributed by atoms with Gasteiger partial charge in [-0.1, -0.05) is 45.4 Å². The number of aliphatic hydroxyl groups excluding tert-OH is 1. The number of hydrogen-bond acceptors (Lipinski definition) is 17. The van der Waals surface area contributed by atoms with Gasteiger partial charge in [-0.3, -0.25) is 43.2 Å². The molecule has 0 aliphatic heterocycles. The van der Waals surface area contributed by atoms with Crippen molar-refractivity contribution in [3.8, 4) is 0 Å². The van der Waals surface area contributed by atoms with Crippen LogP contribution in [0.2, 0.25) is 0 Å². The molecule has 24 heteroatoms. The molecule has 0 unspecified atom stereocenters. The van der Waals surface area contributed by atoms with Gasteiger partial charge in [-0.2, -0.15) is 11.8 Å². The average Bonchev–Trinajstić information content (AvgIpc) is 3.30. The summed E-state index contributed by atoms with van der Waals surface area (Å²) >= 11 is 1.22. The molecule has 0 fully saturated rings. The molecule has 0 aromatic rings. The van der Waals surface area contributed by atoms with Crippen LogP contribution in [0.4, 0.5) is 0 Å². The molecule has 0 aliphatic rings. The van der Waals surface area contributed by atoms with Crippen LogP contribution >= 0.6 is 11.8 Å². The zero-order chi connectivity index (χ0) is 53.0. The number of rotatable bonds is 46. The van der Waals surface area contributed by atoms with Gasteiger partial charge < -0.3 is 66.4 Å². The summed E-state index contributed by atoms with van der Waals surface area (Å²) in [5.74, 6) is -6.19. The van der Waals surface area contributed by atoms with E-state index >= 15 is 0 Å². The summed E-state index contributed by atoms with van der Waals surface area (Å²) in [6.07, 6.45) is 7.77. The van der Waals surface area contributed by atoms with Crippen molar-refractivity contribution < 1.29 is 88.7 Å². The number of ketones is 3. The number of aliphatic hydroxyl groups is 1. The topological polar surface area (TPSA) is 363 Å². The molecule has 4 atom stereocenters. The molecule has 0 aliphatic carbocycles. The number of nitrogens with two attached hydrogens (primary N) is 1. The number of nitrogens with one attached hydrogen (secondary N) is 4. The molecule has 70 heavy (non-hydrogen) atoms. The first kappa shape index (κ1) is 67.5. The number of ether oxygens (including phenoxy) is 4. The second-order valence-corrected chi connectivity index (χ2v) is 17.5. The largest absolute Gasteiger partial charge is 0.481 e. The highest BCUT2D eigenvalue weighted by molar-refractivity contribution is 7.99. The molecule has 0 aromatic heterocycles. The molecule has 0 heterocycles. The predicted octanol–water partition coefficient (Wildman–Crippen LogP) is 1.28. The molecule has 0 saturated heterocycles. The summed E-state index contributed by atoms with van der Waals surface area (Å²) < 4.78 is 21.3. The predicted molar refractivity (Wildman–Crippen MR) is 260 cm³/mol. The van der Waals surface area contributed by atoms with Crippen LogP contribution in [0.5, 0.6) is 0 Å². The number of unbranched alkanes of at least 4 members (excludes halogenated alkanes) is 7. The van der Waals surface area contributed by atoms with Gasteiger partial charge in [0.25, 0.3) is 0 Å². The number of amides is 4. The van der Waals surface area contributed by atoms with Crippen molar-refractivity contribution in [2.24, 2.45) is 17.6 Å². The number of carbonyl (C=O) groups is 10. The molecule has 0 radical (unpaired) electrons. The Kier molecular flexibility index (Phi) is 43.9. The first-order valence-electron chi connectivity index (χ1n) is 23.9. The maximum Gasteiger partial charge on any atom is 0.326 e. The monoisotopic (exact) mass is 1030 g/mol. The van der Waals surface area contributed by atoms with Crippen LogP contribution in [0, 0.1) is 11.8 Å². The van der Waals surface area contributed by atoms with E-state index in [1.54, 1.807) is 13.8 Å². The van der Waals surface area contributed by atoms with Gasteiger partial charge in [0.15, 0.2) is 0 Å². The van der Waals surface area contributed by atoms with Crippen molar-refractivity contribution >= 4 is 70.6 Å². The van der Waals surface area contributed by atoms with Gasteiger partial charge in [0.2, 0.25) is 23.6 Å². The summed E-state index contributed by atoms with van der Waals surface area (Å²) in [5.41, 5.74) is 5.09. The van der Waals surface area contributed by atoms with E-state index in [4.69, 9.17) is 40.0 Å². The fourth-order valence-electron chi connectivity index (χ4n) is 5.63. The molecular formula is C46H83N5O18S. The minimum Gasteiger partial charge on any atom is -0.481 e. The molecule has 0 rings (SSSR count). The van der Waals surface area contributed by atoms with Crippen molar-refractivity contribution in [1.29, 1.82) is 0 Å². The van der Waals surface area contributed by atoms with Gasteiger partial charge in [-0.05, 0) is 39.5 Å². The average molecular weight is 1030 g/mol. The van der Waals surface area contributed by atoms with E-state index in [9.17, 15) is 53.1 Å². The van der Waals surface area contributed by atoms with E-state index in [0.717, 1.165) is 38.5 Å². The van der Waals surface area contributed by atoms with E-state index in [0.29, 0.717) is 25.0 Å². The quantitative estimate of drug-likeness (QED) is 0.0388. The number of carboxylic acids is 3. The van der Waals surface area contributed by atoms with Crippen LogP contribution in [0.25, 0.3) is 0 Å². The van der Waals surface area contributed by atoms with E-state index < -0.39 is 42.4 Å². The standard InChI is InChI=1S/C42H72N4O17S.C4H9NO.H2/c1-31(35(49)25-32(26-47)41(56)57)29-64-30-39(53)44-17-16-43-37(51)27-63-24-22-61-20-18-45-38(52)28-62-23-21-60-19-10-11-33(48)14-15-34(42(58)59)46-36(50)12-8-6-4-2-3-5-7-9-13-40(54)55;1-3(5)4(2)6;/h31-32,34,47H,2-30H2,1H3,(H,43,51)(H,44,53)(H,45,52)(H,46,50)(H,54,55)(H,56,57)(H,58,59);3H,5H2,1-2H3;1H/t31-,32-,34-;3-;/m00./s1. The molecule has 0 spiro atoms. The van der Waals surface area contributed by atoms with Crippen LogP contribution < -0.4 is 27.0 Å². The van der Waals surface area contributed by atoms with Crippen molar-refractivity contribution in [3.63, 3.8) is 0 Å². The maximum absolute atomic E-state index is 12.3. The number of thioether (sulfide) groups is 1. The minimum atomic E-state index is -1.24. The Morgan fingerprint density at radius 1 is 0.586 bits per heavy atom. The molecule has 0 saturated carbocycles. The van der Waals surface area contributed by atoms with Crippen LogP contribution in [0.3, 0.4) is 0 Å². The Morgan fingerprint density at radius 2 is 1.09 bits per heavy atom. The van der Waals surface area contributed by atoms with E-state index in [-0.39, 0.29) is 165 Å². The van der Waals surface area contributed by atoms with Crippen LogP contribution in [-0.2, 0) is 66.9 Å². The Bertz CT molecular complexity index is 1550. The van der Waals surface area contributed by atoms with Gasteiger partial charge >= 0.3 is 17.9 Å². The molecule has 0 aromatic carbocycles. The van der Waals surface area contributed by atoms with E-state index in [2.05, 4.69) is 21.3 Å². The molecule has 406 valence electrons. The maximum atomic E-state index is 12.3. The second kappa shape index (κ2) is 45.5. The van der Waals surface area contributed by atoms with Crippen molar-refractivity contribution in [3.05, 3.63) is 0 Å². The van der Waals surface area contributed by atoms with Crippen LogP contribution in [0.15, 0.2) is 0 Å². The molecular weight excluding hydrogens is 943 g/mol. The van der Waals surface area contributed by atoms with Crippen LogP contribution in [-0.4, -0.2) is 182 Å². The number of Topliss-reactive ketones (excluding diaryl/α,β-unsaturated/α-hetero) is 3. The first-order chi connectivity index (χ1) is 33.3. The normalized spacial score (nSPS) is 12.5. The lowest BCUT2D eigenvalue weighted by Gasteiger charge is -2.14. The fraction of sp³-hybridized carbons (Fsp3) is 0.783. The Balaban J connectivity index is -0.00000617. The Morgan fingerprint density at radius 3 is 1.60 bits per heavy atom. The fourth-order valence-corrected chi connectivity index (χ4v) is 6.58. The zero-order valence-electron chi connectivity index (χ0n) is 41.3. The van der Waals surface area contributed by atoms with Crippen molar-refractivity contribution in [1.82, 2.24) is 21.3 Å². The molecule has 10 N–H and O–H groups in total. The number of carboxylic acid groups (broad SMARTS) is 3. The highest BCUT2D eigenvalue weighted by Gasteiger charge is 2.24. The molecule has 4 amide bonds. The third-order valence-electron chi connectivity index (χ3n) is 9.99. The number of aliphatic carboxylic acids is 3. The lowest BCUT2D eigenvalue weighted by molar-refractivity contribution is -0.145. The van der Waals surface area contributed by atoms with Gasteiger partial charge in [0.05, 0.1) is 57.4 Å². The highest BCUT2D eigenvalue weighted by Crippen LogP contribution is 2.15. The first-order valence-corrected chi connectivity index (χ1v) is 25.0. The third-order valence-corrected chi connectivity index (χ3v) is 11.2. The summed E-state index contributed by atoms with van der Waals surface area (Å²) in [6, 6.07) is -1.43. The lowest BCUT2D eigenvalue weighted by atomic mass is 9.97. The SMILES string of the molecule is CC(=O)[C@H](C)N.C[C@@H](CSCC(=O)NCCNC(=O)COCCOCCNC(=O)COCCOCCCC(=O)CC[C@H](NC(=O)CCCCCCCCCCC(=O)O)C(=O)O)C(=O)C[C@@H](CO)C(=O)O.[HH]. The minimum absolute atomic E-state index is 0. The van der Waals surface area contributed by atoms with Crippen LogP contribution in [0.1, 0.15) is 119 Å². The Labute approximate surface area is 417 Å². The van der Waals surface area contributed by atoms with Gasteiger partial charge in [-0.25, -0.2) is 4.79 Å². The van der Waals surface area contributed by atoms with Gasteiger partial charge in [-0.15, -0.1) is 0 Å². The van der Waals surface area contributed by atoms with Gasteiger partial charge in [0, 0.05) is 71.4 Å².